The molecule has 0 spiro atoms. The molecule has 0 aliphatic rings. The molecule has 18 heavy (non-hydrogen) atoms. The van der Waals surface area contributed by atoms with E-state index >= 15 is 0 Å². The van der Waals surface area contributed by atoms with Crippen LogP contribution in [0.5, 0.6) is 0 Å². The Kier molecular flexibility index (Phi) is 19.1. The van der Waals surface area contributed by atoms with Crippen molar-refractivity contribution in [3.05, 3.63) is 12.2 Å². The molecule has 2 N–H and O–H groups in total. The van der Waals surface area contributed by atoms with Gasteiger partial charge in [-0.15, -0.1) is 5.79 Å². The van der Waals surface area contributed by atoms with E-state index in [2.05, 4.69) is 12.4 Å². The molecule has 103 valence electrons. The first-order valence-corrected chi connectivity index (χ1v) is 7.11. The van der Waals surface area contributed by atoms with Crippen molar-refractivity contribution in [3.8, 4) is 0 Å². The third-order valence-corrected chi connectivity index (χ3v) is 1.80. The third-order valence-electron chi connectivity index (χ3n) is 0.988. The number of hydrogen-bond donors (Lipinski definition) is 2. The molecule has 0 saturated carbocycles. The van der Waals surface area contributed by atoms with Crippen molar-refractivity contribution in [1.82, 2.24) is 0 Å². The SMILES string of the molecule is C=C(C)C(=O)OC[CH2][Al][CH3].CC(=O)O.CC(=O)O. The van der Waals surface area contributed by atoms with E-state index in [0.29, 0.717) is 27.4 Å². The van der Waals surface area contributed by atoms with Gasteiger partial charge in [0.1, 0.15) is 0 Å². The Hall–Kier alpha value is -1.32. The Morgan fingerprint density at radius 1 is 1.11 bits per heavy atom. The topological polar surface area (TPSA) is 101 Å². The van der Waals surface area contributed by atoms with E-state index in [9.17, 15) is 4.79 Å². The summed E-state index contributed by atoms with van der Waals surface area (Å²) in [4.78, 5) is 28.7. The minimum absolute atomic E-state index is 0.271. The van der Waals surface area contributed by atoms with Gasteiger partial charge in [-0.3, -0.25) is 9.59 Å². The molecule has 6 nitrogen and oxygen atoms in total. The molecular formula is C11H20AlO6. The quantitative estimate of drug-likeness (QED) is 0.348. The van der Waals surface area contributed by atoms with Crippen LogP contribution < -0.4 is 0 Å². The third kappa shape index (κ3) is 46.6. The maximum atomic E-state index is 10.7. The van der Waals surface area contributed by atoms with Crippen LogP contribution in [0.1, 0.15) is 20.8 Å². The maximum Gasteiger partial charge on any atom is 0.333 e. The summed E-state index contributed by atoms with van der Waals surface area (Å²) in [6, 6.07) is 0. The molecule has 0 aromatic rings. The van der Waals surface area contributed by atoms with Gasteiger partial charge in [0.25, 0.3) is 11.9 Å². The number of ether oxygens (including phenoxy) is 1. The Bertz CT molecular complexity index is 255. The summed E-state index contributed by atoms with van der Waals surface area (Å²) in [7, 11) is 0. The predicted molar refractivity (Wildman–Crippen MR) is 68.8 cm³/mol. The standard InChI is InChI=1S/C6H9O2.2C2H4O2.CH3.Al/c1-4-8-6(7)5(2)3;2*1-2(3)4;;/h1-2,4H2,3H3;2*1H3,(H,3,4);1H3;. The Labute approximate surface area is 113 Å². The zero-order chi connectivity index (χ0) is 15.1. The highest BCUT2D eigenvalue weighted by atomic mass is 27.1. The van der Waals surface area contributed by atoms with Gasteiger partial charge in [-0.05, 0) is 6.92 Å². The molecular weight excluding hydrogens is 255 g/mol. The molecule has 0 aliphatic heterocycles. The van der Waals surface area contributed by atoms with Gasteiger partial charge < -0.3 is 14.9 Å². The van der Waals surface area contributed by atoms with Crippen LogP contribution in [0.4, 0.5) is 0 Å². The van der Waals surface area contributed by atoms with Crippen molar-refractivity contribution in [1.29, 1.82) is 0 Å². The lowest BCUT2D eigenvalue weighted by Crippen LogP contribution is -2.06. The largest absolute Gasteiger partial charge is 0.481 e. The van der Waals surface area contributed by atoms with E-state index in [1.165, 1.54) is 0 Å². The summed E-state index contributed by atoms with van der Waals surface area (Å²) in [6.07, 6.45) is 0. The van der Waals surface area contributed by atoms with Crippen LogP contribution >= 0.6 is 0 Å². The Balaban J connectivity index is -0.000000233. The van der Waals surface area contributed by atoms with Gasteiger partial charge in [-0.25, -0.2) is 4.79 Å². The number of rotatable bonds is 4. The molecule has 0 aliphatic carbocycles. The monoisotopic (exact) mass is 275 g/mol. The summed E-state index contributed by atoms with van der Waals surface area (Å²) in [5, 5.41) is 15.8. The molecule has 0 fully saturated rings. The lowest BCUT2D eigenvalue weighted by molar-refractivity contribution is -0.138. The zero-order valence-electron chi connectivity index (χ0n) is 11.2. The van der Waals surface area contributed by atoms with Crippen LogP contribution in [0.15, 0.2) is 12.2 Å². The Morgan fingerprint density at radius 2 is 1.44 bits per heavy atom. The lowest BCUT2D eigenvalue weighted by atomic mass is 10.4. The maximum absolute atomic E-state index is 10.7. The molecule has 0 rings (SSSR count). The van der Waals surface area contributed by atoms with Crippen molar-refractivity contribution < 1.29 is 29.3 Å². The second-order valence-corrected chi connectivity index (χ2v) is 4.55. The molecule has 7 heteroatoms. The van der Waals surface area contributed by atoms with Gasteiger partial charge in [0.15, 0.2) is 0 Å². The Morgan fingerprint density at radius 3 is 1.67 bits per heavy atom. The number of carbonyl (C=O) groups excluding carboxylic acids is 1. The van der Waals surface area contributed by atoms with Gasteiger partial charge in [-0.1, -0.05) is 11.9 Å². The second kappa shape index (κ2) is 15.7. The van der Waals surface area contributed by atoms with Crippen LogP contribution in [0, 0.1) is 0 Å². The number of carboxylic acid groups (broad SMARTS) is 2. The van der Waals surface area contributed by atoms with Gasteiger partial charge in [0, 0.05) is 19.4 Å². The van der Waals surface area contributed by atoms with Crippen LogP contribution in [0.2, 0.25) is 11.1 Å². The summed E-state index contributed by atoms with van der Waals surface area (Å²) in [5.74, 6) is 0.196. The van der Waals surface area contributed by atoms with E-state index < -0.39 is 11.9 Å². The van der Waals surface area contributed by atoms with E-state index in [0.717, 1.165) is 19.1 Å². The normalized spacial score (nSPS) is 7.56. The van der Waals surface area contributed by atoms with Gasteiger partial charge in [0.05, 0.1) is 6.61 Å². The minimum Gasteiger partial charge on any atom is -0.481 e. The highest BCUT2D eigenvalue weighted by Crippen LogP contribution is 1.92. The summed E-state index contributed by atoms with van der Waals surface area (Å²) < 4.78 is 4.83. The summed E-state index contributed by atoms with van der Waals surface area (Å²) in [6.45, 7) is 7.84. The van der Waals surface area contributed by atoms with Crippen molar-refractivity contribution >= 4 is 33.1 Å². The van der Waals surface area contributed by atoms with Crippen LogP contribution in [0.25, 0.3) is 0 Å². The number of hydrogen-bond acceptors (Lipinski definition) is 4. The lowest BCUT2D eigenvalue weighted by Gasteiger charge is -2.00. The van der Waals surface area contributed by atoms with Crippen molar-refractivity contribution in [2.75, 3.05) is 6.61 Å². The van der Waals surface area contributed by atoms with E-state index in [1.54, 1.807) is 6.92 Å². The second-order valence-electron chi connectivity index (χ2n) is 3.15. The number of carboxylic acids is 2. The molecule has 0 unspecified atom stereocenters. The number of carbonyl (C=O) groups is 3. The molecule has 0 atom stereocenters. The molecule has 0 saturated heterocycles. The molecule has 1 radical (unpaired) electrons. The first-order chi connectivity index (χ1) is 8.14. The van der Waals surface area contributed by atoms with Crippen LogP contribution in [-0.4, -0.2) is 49.9 Å². The smallest absolute Gasteiger partial charge is 0.333 e. The van der Waals surface area contributed by atoms with E-state index in [1.807, 2.05) is 0 Å². The van der Waals surface area contributed by atoms with Crippen molar-refractivity contribution in [3.63, 3.8) is 0 Å². The van der Waals surface area contributed by atoms with Gasteiger partial charge >= 0.3 is 5.97 Å². The molecule has 0 aromatic carbocycles. The van der Waals surface area contributed by atoms with Crippen molar-refractivity contribution in [2.24, 2.45) is 0 Å². The predicted octanol–water partition coefficient (Wildman–Crippen LogP) is 1.46. The van der Waals surface area contributed by atoms with Crippen LogP contribution in [0.3, 0.4) is 0 Å². The zero-order valence-corrected chi connectivity index (χ0v) is 12.4. The van der Waals surface area contributed by atoms with Crippen molar-refractivity contribution in [2.45, 2.75) is 31.8 Å². The van der Waals surface area contributed by atoms with E-state index in [4.69, 9.17) is 24.5 Å². The minimum atomic E-state index is -0.833. The fourth-order valence-corrected chi connectivity index (χ4v) is 0.746. The molecule has 0 bridgehead atoms. The van der Waals surface area contributed by atoms with Crippen LogP contribution in [-0.2, 0) is 19.1 Å². The average Bonchev–Trinajstić information content (AvgIpc) is 2.15. The fourth-order valence-electron chi connectivity index (χ4n) is 0.393. The van der Waals surface area contributed by atoms with Gasteiger partial charge in [-0.2, -0.15) is 0 Å². The fraction of sp³-hybridized carbons (Fsp3) is 0.545. The van der Waals surface area contributed by atoms with Gasteiger partial charge in [0.2, 0.25) is 15.2 Å². The molecule has 0 heterocycles. The number of aliphatic carboxylic acids is 2. The first kappa shape index (κ1) is 21.9. The summed E-state index contributed by atoms with van der Waals surface area (Å²) in [5.41, 5.74) is 0.478. The number of esters is 1. The summed E-state index contributed by atoms with van der Waals surface area (Å²) >= 11 is 0.442. The average molecular weight is 275 g/mol. The molecule has 0 amide bonds. The van der Waals surface area contributed by atoms with E-state index in [-0.39, 0.29) is 5.97 Å². The highest BCUT2D eigenvalue weighted by Gasteiger charge is 2.00. The molecule has 0 aromatic heterocycles. The highest BCUT2D eigenvalue weighted by molar-refractivity contribution is 6.33. The first-order valence-electron chi connectivity index (χ1n) is 5.14.